The number of anilines is 2. The molecule has 0 radical (unpaired) electrons. The third-order valence-electron chi connectivity index (χ3n) is 4.02. The van der Waals surface area contributed by atoms with E-state index in [1.165, 1.54) is 23.3 Å². The number of carbonyl (C=O) groups excluding carboxylic acids is 2. The van der Waals surface area contributed by atoms with Crippen molar-refractivity contribution in [1.29, 1.82) is 0 Å². The van der Waals surface area contributed by atoms with Crippen molar-refractivity contribution in [2.24, 2.45) is 0 Å². The van der Waals surface area contributed by atoms with Crippen LogP contribution in [0.5, 0.6) is 0 Å². The van der Waals surface area contributed by atoms with Crippen molar-refractivity contribution in [3.63, 3.8) is 0 Å². The summed E-state index contributed by atoms with van der Waals surface area (Å²) in [5, 5.41) is 16.5. The van der Waals surface area contributed by atoms with Crippen molar-refractivity contribution in [3.8, 4) is 11.3 Å². The molecule has 26 heavy (non-hydrogen) atoms. The number of urea groups is 1. The second kappa shape index (κ2) is 7.52. The van der Waals surface area contributed by atoms with E-state index in [2.05, 4.69) is 15.6 Å². The molecule has 2 aromatic rings. The molecule has 9 heteroatoms. The number of rotatable bonds is 5. The molecule has 8 nitrogen and oxygen atoms in total. The zero-order chi connectivity index (χ0) is 18.7. The number of amides is 3. The van der Waals surface area contributed by atoms with Gasteiger partial charge in [-0.1, -0.05) is 6.07 Å². The van der Waals surface area contributed by atoms with Crippen LogP contribution in [0.3, 0.4) is 0 Å². The van der Waals surface area contributed by atoms with Gasteiger partial charge in [0.15, 0.2) is 5.13 Å². The van der Waals surface area contributed by atoms with E-state index in [0.29, 0.717) is 18.0 Å². The Morgan fingerprint density at radius 1 is 1.38 bits per heavy atom. The van der Waals surface area contributed by atoms with E-state index in [1.54, 1.807) is 0 Å². The summed E-state index contributed by atoms with van der Waals surface area (Å²) in [7, 11) is 1.53. The molecule has 0 unspecified atom stereocenters. The smallest absolute Gasteiger partial charge is 0.323 e. The Kier molecular flexibility index (Phi) is 5.17. The molecule has 3 N–H and O–H groups in total. The van der Waals surface area contributed by atoms with Gasteiger partial charge in [-0.25, -0.2) is 9.78 Å². The highest BCUT2D eigenvalue weighted by atomic mass is 32.1. The van der Waals surface area contributed by atoms with Gasteiger partial charge >= 0.3 is 12.0 Å². The number of aliphatic carboxylic acids is 1. The number of carboxylic acids is 1. The van der Waals surface area contributed by atoms with Crippen LogP contribution in [0.15, 0.2) is 23.6 Å². The second-order valence-corrected chi connectivity index (χ2v) is 6.81. The maximum absolute atomic E-state index is 12.0. The van der Waals surface area contributed by atoms with Crippen LogP contribution < -0.4 is 10.6 Å². The van der Waals surface area contributed by atoms with Crippen LogP contribution in [0.4, 0.5) is 15.6 Å². The Bertz CT molecular complexity index is 864. The number of fused-ring (bicyclic) bond motifs is 1. The van der Waals surface area contributed by atoms with Gasteiger partial charge in [0.2, 0.25) is 5.91 Å². The van der Waals surface area contributed by atoms with E-state index < -0.39 is 12.0 Å². The van der Waals surface area contributed by atoms with Crippen molar-refractivity contribution >= 4 is 40.1 Å². The van der Waals surface area contributed by atoms with E-state index in [4.69, 9.17) is 5.11 Å². The fraction of sp³-hybridized carbons (Fsp3) is 0.294. The third kappa shape index (κ3) is 4.17. The van der Waals surface area contributed by atoms with E-state index in [1.807, 2.05) is 23.6 Å². The number of thiazole rings is 1. The molecular formula is C17H18N4O4S. The molecule has 0 aliphatic carbocycles. The lowest BCUT2D eigenvalue weighted by Crippen LogP contribution is -2.33. The van der Waals surface area contributed by atoms with Gasteiger partial charge in [-0.2, -0.15) is 0 Å². The molecule has 1 aliphatic rings. The SMILES string of the molecule is CN(CCC(=O)O)C(=O)Nc1nc(-c2ccc3c(c2)CCC(=O)N3)cs1. The predicted molar refractivity (Wildman–Crippen MR) is 98.4 cm³/mol. The molecule has 0 fully saturated rings. The van der Waals surface area contributed by atoms with E-state index in [0.717, 1.165) is 22.5 Å². The van der Waals surface area contributed by atoms with Crippen LogP contribution in [0.2, 0.25) is 0 Å². The second-order valence-electron chi connectivity index (χ2n) is 5.95. The third-order valence-corrected chi connectivity index (χ3v) is 4.78. The summed E-state index contributed by atoms with van der Waals surface area (Å²) >= 11 is 1.30. The van der Waals surface area contributed by atoms with E-state index in [-0.39, 0.29) is 18.9 Å². The number of hydrogen-bond donors (Lipinski definition) is 3. The number of hydrogen-bond acceptors (Lipinski definition) is 5. The summed E-state index contributed by atoms with van der Waals surface area (Å²) in [6.45, 7) is 0.121. The lowest BCUT2D eigenvalue weighted by atomic mass is 9.99. The van der Waals surface area contributed by atoms with Crippen molar-refractivity contribution in [3.05, 3.63) is 29.1 Å². The number of carbonyl (C=O) groups is 3. The van der Waals surface area contributed by atoms with Gasteiger partial charge in [0.1, 0.15) is 0 Å². The first-order valence-corrected chi connectivity index (χ1v) is 8.93. The molecule has 3 rings (SSSR count). The number of aryl methyl sites for hydroxylation is 1. The topological polar surface area (TPSA) is 112 Å². The fourth-order valence-electron chi connectivity index (χ4n) is 2.56. The van der Waals surface area contributed by atoms with Gasteiger partial charge in [-0.3, -0.25) is 14.9 Å². The summed E-state index contributed by atoms with van der Waals surface area (Å²) in [4.78, 5) is 39.8. The number of aromatic nitrogens is 1. The minimum Gasteiger partial charge on any atom is -0.481 e. The molecule has 2 heterocycles. The molecule has 136 valence electrons. The Morgan fingerprint density at radius 2 is 2.19 bits per heavy atom. The van der Waals surface area contributed by atoms with Gasteiger partial charge in [0.25, 0.3) is 0 Å². The van der Waals surface area contributed by atoms with Crippen LogP contribution >= 0.6 is 11.3 Å². The van der Waals surface area contributed by atoms with Crippen LogP contribution in [-0.2, 0) is 16.0 Å². The molecule has 0 spiro atoms. The highest BCUT2D eigenvalue weighted by Gasteiger charge is 2.17. The summed E-state index contributed by atoms with van der Waals surface area (Å²) in [5.41, 5.74) is 3.54. The standard InChI is InChI=1S/C17H18N4O4S/c1-21(7-6-15(23)24)17(25)20-16-19-13(9-26-16)11-2-4-12-10(8-11)3-5-14(22)18-12/h2,4,8-9H,3,5-7H2,1H3,(H,18,22)(H,23,24)(H,19,20,25). The van der Waals surface area contributed by atoms with Crippen LogP contribution in [0.25, 0.3) is 11.3 Å². The molecule has 1 aromatic heterocycles. The van der Waals surface area contributed by atoms with Crippen molar-refractivity contribution in [2.75, 3.05) is 24.2 Å². The lowest BCUT2D eigenvalue weighted by molar-refractivity contribution is -0.137. The van der Waals surface area contributed by atoms with Gasteiger partial charge in [0.05, 0.1) is 12.1 Å². The molecule has 3 amide bonds. The largest absolute Gasteiger partial charge is 0.481 e. The average Bonchev–Trinajstić information content (AvgIpc) is 3.07. The number of carboxylic acid groups (broad SMARTS) is 1. The quantitative estimate of drug-likeness (QED) is 0.745. The molecule has 1 aliphatic heterocycles. The van der Waals surface area contributed by atoms with Gasteiger partial charge in [0, 0.05) is 36.6 Å². The summed E-state index contributed by atoms with van der Waals surface area (Å²) < 4.78 is 0. The zero-order valence-electron chi connectivity index (χ0n) is 14.1. The Balaban J connectivity index is 1.67. The Morgan fingerprint density at radius 3 is 2.96 bits per heavy atom. The average molecular weight is 374 g/mol. The van der Waals surface area contributed by atoms with Crippen molar-refractivity contribution in [1.82, 2.24) is 9.88 Å². The Labute approximate surface area is 153 Å². The highest BCUT2D eigenvalue weighted by molar-refractivity contribution is 7.14. The first-order valence-electron chi connectivity index (χ1n) is 8.05. The molecule has 0 atom stereocenters. The lowest BCUT2D eigenvalue weighted by Gasteiger charge is -2.17. The Hall–Kier alpha value is -2.94. The summed E-state index contributed by atoms with van der Waals surface area (Å²) in [6.07, 6.45) is 1.05. The van der Waals surface area contributed by atoms with Gasteiger partial charge in [-0.15, -0.1) is 11.3 Å². The first-order chi connectivity index (χ1) is 12.4. The minimum atomic E-state index is -0.954. The minimum absolute atomic E-state index is 0.0240. The van der Waals surface area contributed by atoms with Crippen LogP contribution in [0, 0.1) is 0 Å². The van der Waals surface area contributed by atoms with Crippen molar-refractivity contribution in [2.45, 2.75) is 19.3 Å². The summed E-state index contributed by atoms with van der Waals surface area (Å²) in [6, 6.07) is 5.33. The molecular weight excluding hydrogens is 356 g/mol. The highest BCUT2D eigenvalue weighted by Crippen LogP contribution is 2.30. The van der Waals surface area contributed by atoms with Crippen LogP contribution in [-0.4, -0.2) is 46.5 Å². The number of nitrogens with zero attached hydrogens (tertiary/aromatic N) is 2. The number of benzene rings is 1. The molecule has 0 saturated heterocycles. The zero-order valence-corrected chi connectivity index (χ0v) is 14.9. The predicted octanol–water partition coefficient (Wildman–Crippen LogP) is 2.63. The van der Waals surface area contributed by atoms with E-state index >= 15 is 0 Å². The maximum atomic E-state index is 12.0. The van der Waals surface area contributed by atoms with E-state index in [9.17, 15) is 14.4 Å². The molecule has 0 saturated carbocycles. The maximum Gasteiger partial charge on any atom is 0.323 e. The fourth-order valence-corrected chi connectivity index (χ4v) is 3.27. The van der Waals surface area contributed by atoms with Gasteiger partial charge in [-0.05, 0) is 24.1 Å². The number of nitrogens with one attached hydrogen (secondary N) is 2. The van der Waals surface area contributed by atoms with Crippen molar-refractivity contribution < 1.29 is 19.5 Å². The monoisotopic (exact) mass is 374 g/mol. The van der Waals surface area contributed by atoms with Crippen LogP contribution in [0.1, 0.15) is 18.4 Å². The molecule has 1 aromatic carbocycles. The van der Waals surface area contributed by atoms with Gasteiger partial charge < -0.3 is 15.3 Å². The summed E-state index contributed by atoms with van der Waals surface area (Å²) in [5.74, 6) is -0.930. The normalized spacial score (nSPS) is 12.9. The molecule has 0 bridgehead atoms. The first kappa shape index (κ1) is 17.9.